The number of fused-ring (bicyclic) bond motifs is 1. The molecule has 1 heterocycles. The number of carbonyl (C=O) groups excluding carboxylic acids is 1. The fourth-order valence-corrected chi connectivity index (χ4v) is 1.98. The molecule has 1 aromatic heterocycles. The molecule has 0 aromatic carbocycles. The van der Waals surface area contributed by atoms with Gasteiger partial charge >= 0.3 is 5.97 Å². The molecule has 80 valence electrons. The summed E-state index contributed by atoms with van der Waals surface area (Å²) in [5.74, 6) is -0.445. The van der Waals surface area contributed by atoms with Crippen LogP contribution in [0.3, 0.4) is 0 Å². The minimum absolute atomic E-state index is 0.0468. The minimum atomic E-state index is -0.445. The van der Waals surface area contributed by atoms with Gasteiger partial charge in [0.2, 0.25) is 0 Å². The maximum Gasteiger partial charge on any atom is 0.356 e. The molecule has 0 saturated carbocycles. The summed E-state index contributed by atoms with van der Waals surface area (Å²) in [6.45, 7) is -0.0468. The van der Waals surface area contributed by atoms with Crippen LogP contribution in [0.15, 0.2) is 6.07 Å². The number of nitrogens with zero attached hydrogens (tertiary/aromatic N) is 1. The van der Waals surface area contributed by atoms with Gasteiger partial charge in [-0.1, -0.05) is 0 Å². The van der Waals surface area contributed by atoms with Gasteiger partial charge in [0.05, 0.1) is 13.7 Å². The summed E-state index contributed by atoms with van der Waals surface area (Å²) in [7, 11) is 1.33. The molecule has 2 rings (SSSR count). The zero-order valence-corrected chi connectivity index (χ0v) is 8.62. The Labute approximate surface area is 87.9 Å². The summed E-state index contributed by atoms with van der Waals surface area (Å²) in [4.78, 5) is 15.6. The number of rotatable bonds is 2. The second-order valence-corrected chi connectivity index (χ2v) is 3.60. The zero-order chi connectivity index (χ0) is 10.8. The van der Waals surface area contributed by atoms with Crippen molar-refractivity contribution in [2.45, 2.75) is 25.9 Å². The van der Waals surface area contributed by atoms with Gasteiger partial charge in [-0.05, 0) is 36.5 Å². The molecule has 1 aromatic rings. The van der Waals surface area contributed by atoms with E-state index >= 15 is 0 Å². The molecule has 0 bridgehead atoms. The highest BCUT2D eigenvalue weighted by atomic mass is 16.5. The Balaban J connectivity index is 2.48. The van der Waals surface area contributed by atoms with Crippen LogP contribution in [0.1, 0.15) is 33.7 Å². The van der Waals surface area contributed by atoms with Crippen molar-refractivity contribution in [1.82, 2.24) is 4.98 Å². The van der Waals surface area contributed by atoms with E-state index in [-0.39, 0.29) is 6.61 Å². The molecule has 0 saturated heterocycles. The van der Waals surface area contributed by atoms with Crippen LogP contribution in [0.5, 0.6) is 0 Å². The van der Waals surface area contributed by atoms with Crippen LogP contribution in [0.25, 0.3) is 0 Å². The molecule has 0 spiro atoms. The molecule has 1 aliphatic rings. The van der Waals surface area contributed by atoms with E-state index in [1.165, 1.54) is 7.11 Å². The molecule has 1 aliphatic carbocycles. The highest BCUT2D eigenvalue weighted by molar-refractivity contribution is 5.87. The van der Waals surface area contributed by atoms with Crippen LogP contribution in [0.2, 0.25) is 0 Å². The van der Waals surface area contributed by atoms with Gasteiger partial charge in [0.25, 0.3) is 0 Å². The Kier molecular flexibility index (Phi) is 2.68. The number of aromatic nitrogens is 1. The monoisotopic (exact) mass is 207 g/mol. The van der Waals surface area contributed by atoms with E-state index in [0.717, 1.165) is 36.1 Å². The van der Waals surface area contributed by atoms with E-state index in [2.05, 4.69) is 9.72 Å². The van der Waals surface area contributed by atoms with Crippen molar-refractivity contribution in [2.75, 3.05) is 7.11 Å². The normalized spacial score (nSPS) is 13.7. The van der Waals surface area contributed by atoms with Gasteiger partial charge in [-0.2, -0.15) is 0 Å². The molecule has 0 amide bonds. The summed E-state index contributed by atoms with van der Waals surface area (Å²) in [5, 5.41) is 9.20. The molecular formula is C11H13NO3. The summed E-state index contributed by atoms with van der Waals surface area (Å²) < 4.78 is 4.61. The lowest BCUT2D eigenvalue weighted by Gasteiger charge is -2.07. The van der Waals surface area contributed by atoms with Crippen LogP contribution in [-0.4, -0.2) is 23.2 Å². The van der Waals surface area contributed by atoms with Crippen molar-refractivity contribution in [3.8, 4) is 0 Å². The Morgan fingerprint density at radius 1 is 1.60 bits per heavy atom. The highest BCUT2D eigenvalue weighted by Crippen LogP contribution is 2.24. The number of aliphatic hydroxyl groups excluding tert-OH is 1. The van der Waals surface area contributed by atoms with E-state index in [0.29, 0.717) is 5.69 Å². The van der Waals surface area contributed by atoms with Gasteiger partial charge in [0, 0.05) is 5.69 Å². The summed E-state index contributed by atoms with van der Waals surface area (Å²) in [6, 6.07) is 1.62. The maximum atomic E-state index is 11.3. The first-order valence-corrected chi connectivity index (χ1v) is 4.97. The summed E-state index contributed by atoms with van der Waals surface area (Å²) in [5.41, 5.74) is 3.13. The van der Waals surface area contributed by atoms with E-state index in [1.807, 2.05) is 0 Å². The van der Waals surface area contributed by atoms with Crippen molar-refractivity contribution < 1.29 is 14.6 Å². The predicted octanol–water partition coefficient (Wildman–Crippen LogP) is 0.849. The van der Waals surface area contributed by atoms with Gasteiger partial charge in [-0.15, -0.1) is 0 Å². The van der Waals surface area contributed by atoms with Crippen molar-refractivity contribution in [3.63, 3.8) is 0 Å². The number of ether oxygens (including phenoxy) is 1. The number of hydrogen-bond acceptors (Lipinski definition) is 4. The number of aryl methyl sites for hydroxylation is 1. The van der Waals surface area contributed by atoms with Crippen LogP contribution >= 0.6 is 0 Å². The maximum absolute atomic E-state index is 11.3. The van der Waals surface area contributed by atoms with E-state index < -0.39 is 5.97 Å². The van der Waals surface area contributed by atoms with Crippen LogP contribution < -0.4 is 0 Å². The standard InChI is InChI=1S/C11H13NO3/c1-15-11(14)10-5-7(6-13)8-3-2-4-9(8)12-10/h5,13H,2-4,6H2,1H3. The molecule has 0 aliphatic heterocycles. The largest absolute Gasteiger partial charge is 0.464 e. The van der Waals surface area contributed by atoms with Crippen LogP contribution in [0, 0.1) is 0 Å². The number of pyridine rings is 1. The molecule has 0 atom stereocenters. The quantitative estimate of drug-likeness (QED) is 0.730. The van der Waals surface area contributed by atoms with Crippen molar-refractivity contribution in [2.24, 2.45) is 0 Å². The lowest BCUT2D eigenvalue weighted by molar-refractivity contribution is 0.0593. The van der Waals surface area contributed by atoms with Gasteiger partial charge in [0.1, 0.15) is 5.69 Å². The number of aliphatic hydroxyl groups is 1. The number of esters is 1. The Morgan fingerprint density at radius 3 is 3.07 bits per heavy atom. The highest BCUT2D eigenvalue weighted by Gasteiger charge is 2.19. The Hall–Kier alpha value is -1.42. The molecule has 0 fully saturated rings. The first-order valence-electron chi connectivity index (χ1n) is 4.97. The van der Waals surface area contributed by atoms with Crippen molar-refractivity contribution in [3.05, 3.63) is 28.6 Å². The summed E-state index contributed by atoms with van der Waals surface area (Å²) >= 11 is 0. The van der Waals surface area contributed by atoms with Gasteiger partial charge < -0.3 is 9.84 Å². The van der Waals surface area contributed by atoms with Crippen LogP contribution in [0.4, 0.5) is 0 Å². The smallest absolute Gasteiger partial charge is 0.356 e. The second kappa shape index (κ2) is 3.98. The number of carbonyl (C=O) groups is 1. The lowest BCUT2D eigenvalue weighted by Crippen LogP contribution is -2.08. The van der Waals surface area contributed by atoms with Crippen molar-refractivity contribution in [1.29, 1.82) is 0 Å². The van der Waals surface area contributed by atoms with Gasteiger partial charge in [-0.3, -0.25) is 0 Å². The van der Waals surface area contributed by atoms with E-state index in [4.69, 9.17) is 0 Å². The third-order valence-corrected chi connectivity index (χ3v) is 2.71. The Morgan fingerprint density at radius 2 is 2.40 bits per heavy atom. The van der Waals surface area contributed by atoms with Crippen molar-refractivity contribution >= 4 is 5.97 Å². The SMILES string of the molecule is COC(=O)c1cc(CO)c2c(n1)CCC2. The first-order chi connectivity index (χ1) is 7.26. The molecule has 4 nitrogen and oxygen atoms in total. The van der Waals surface area contributed by atoms with Crippen LogP contribution in [-0.2, 0) is 24.2 Å². The molecule has 15 heavy (non-hydrogen) atoms. The first kappa shape index (κ1) is 10.1. The van der Waals surface area contributed by atoms with Gasteiger partial charge in [0.15, 0.2) is 0 Å². The third kappa shape index (κ3) is 1.72. The minimum Gasteiger partial charge on any atom is -0.464 e. The molecule has 0 unspecified atom stereocenters. The number of methoxy groups -OCH3 is 1. The summed E-state index contributed by atoms with van der Waals surface area (Å²) in [6.07, 6.45) is 2.87. The fraction of sp³-hybridized carbons (Fsp3) is 0.455. The topological polar surface area (TPSA) is 59.4 Å². The molecule has 1 N–H and O–H groups in total. The zero-order valence-electron chi connectivity index (χ0n) is 8.62. The molecule has 4 heteroatoms. The fourth-order valence-electron chi connectivity index (χ4n) is 1.98. The lowest BCUT2D eigenvalue weighted by atomic mass is 10.1. The average Bonchev–Trinajstić information content (AvgIpc) is 2.74. The van der Waals surface area contributed by atoms with Gasteiger partial charge in [-0.25, -0.2) is 9.78 Å². The average molecular weight is 207 g/mol. The van der Waals surface area contributed by atoms with E-state index in [9.17, 15) is 9.90 Å². The third-order valence-electron chi connectivity index (χ3n) is 2.71. The number of hydrogen-bond donors (Lipinski definition) is 1. The molecule has 0 radical (unpaired) electrons. The van der Waals surface area contributed by atoms with E-state index in [1.54, 1.807) is 6.07 Å². The molecular weight excluding hydrogens is 194 g/mol. The Bertz CT molecular complexity index is 401. The second-order valence-electron chi connectivity index (χ2n) is 3.60. The predicted molar refractivity (Wildman–Crippen MR) is 53.5 cm³/mol.